The molecule has 1 aliphatic rings. The number of allylic oxidation sites excluding steroid dienone is 10. The Hall–Kier alpha value is -2.11. The molecule has 0 aromatic heterocycles. The number of ether oxygens (including phenoxy) is 4. The summed E-state index contributed by atoms with van der Waals surface area (Å²) in [6, 6.07) is 0. The van der Waals surface area contributed by atoms with Gasteiger partial charge in [0.25, 0.3) is 0 Å². The quantitative estimate of drug-likeness (QED) is 0.0283. The largest absolute Gasteiger partial charge is 0.457 e. The fraction of sp³-hybridized carbons (Fsp3) is 0.756. The van der Waals surface area contributed by atoms with Gasteiger partial charge in [-0.25, -0.2) is 0 Å². The Kier molecular flexibility index (Phi) is 33.8. The highest BCUT2D eigenvalue weighted by Gasteiger charge is 2.44. The topological polar surface area (TPSA) is 135 Å². The van der Waals surface area contributed by atoms with Crippen molar-refractivity contribution in [3.63, 3.8) is 0 Å². The van der Waals surface area contributed by atoms with Crippen molar-refractivity contribution in [3.8, 4) is 0 Å². The summed E-state index contributed by atoms with van der Waals surface area (Å²) in [5.41, 5.74) is 0. The van der Waals surface area contributed by atoms with E-state index in [-0.39, 0.29) is 19.6 Å². The number of hydrogen-bond acceptors (Lipinski definition) is 9. The number of carbonyl (C=O) groups is 1. The molecule has 0 aromatic carbocycles. The van der Waals surface area contributed by atoms with Gasteiger partial charge in [-0.05, 0) is 64.2 Å². The molecule has 312 valence electrons. The van der Waals surface area contributed by atoms with Crippen LogP contribution in [-0.4, -0.2) is 89.6 Å². The van der Waals surface area contributed by atoms with E-state index in [4.69, 9.17) is 18.9 Å². The molecule has 9 nitrogen and oxygen atoms in total. The number of aliphatic hydroxyl groups is 4. The summed E-state index contributed by atoms with van der Waals surface area (Å²) < 4.78 is 22.7. The van der Waals surface area contributed by atoms with Gasteiger partial charge in [-0.3, -0.25) is 4.79 Å². The Morgan fingerprint density at radius 1 is 0.611 bits per heavy atom. The lowest BCUT2D eigenvalue weighted by molar-refractivity contribution is -0.305. The van der Waals surface area contributed by atoms with E-state index < -0.39 is 49.4 Å². The minimum Gasteiger partial charge on any atom is -0.457 e. The zero-order chi connectivity index (χ0) is 39.3. The number of carbonyl (C=O) groups excluding carboxylic acids is 1. The molecule has 1 aliphatic heterocycles. The van der Waals surface area contributed by atoms with E-state index in [2.05, 4.69) is 62.5 Å². The maximum Gasteiger partial charge on any atom is 0.306 e. The van der Waals surface area contributed by atoms with E-state index in [1.54, 1.807) is 0 Å². The first-order chi connectivity index (χ1) is 26.4. The zero-order valence-electron chi connectivity index (χ0n) is 34.0. The summed E-state index contributed by atoms with van der Waals surface area (Å²) in [6.45, 7) is 4.33. The van der Waals surface area contributed by atoms with Crippen LogP contribution in [0.15, 0.2) is 60.8 Å². The van der Waals surface area contributed by atoms with Gasteiger partial charge in [0.2, 0.25) is 0 Å². The van der Waals surface area contributed by atoms with Crippen molar-refractivity contribution >= 4 is 5.97 Å². The van der Waals surface area contributed by atoms with Crippen LogP contribution in [0.4, 0.5) is 0 Å². The average molecular weight is 763 g/mol. The molecule has 6 unspecified atom stereocenters. The maximum atomic E-state index is 12.7. The molecule has 4 N–H and O–H groups in total. The summed E-state index contributed by atoms with van der Waals surface area (Å²) >= 11 is 0. The van der Waals surface area contributed by atoms with Gasteiger partial charge in [-0.2, -0.15) is 0 Å². The number of hydrogen-bond donors (Lipinski definition) is 4. The lowest BCUT2D eigenvalue weighted by Crippen LogP contribution is -2.59. The lowest BCUT2D eigenvalue weighted by atomic mass is 9.99. The van der Waals surface area contributed by atoms with Crippen molar-refractivity contribution in [1.82, 2.24) is 0 Å². The molecule has 0 bridgehead atoms. The maximum absolute atomic E-state index is 12.7. The Morgan fingerprint density at radius 3 is 1.70 bits per heavy atom. The van der Waals surface area contributed by atoms with Crippen LogP contribution in [0.3, 0.4) is 0 Å². The first kappa shape index (κ1) is 49.9. The summed E-state index contributed by atoms with van der Waals surface area (Å²) in [6.07, 6.45) is 38.4. The van der Waals surface area contributed by atoms with E-state index in [0.29, 0.717) is 13.0 Å². The average Bonchev–Trinajstić information content (AvgIpc) is 3.17. The summed E-state index contributed by atoms with van der Waals surface area (Å²) in [4.78, 5) is 12.7. The first-order valence-corrected chi connectivity index (χ1v) is 21.4. The lowest BCUT2D eigenvalue weighted by Gasteiger charge is -2.39. The van der Waals surface area contributed by atoms with Gasteiger partial charge in [-0.1, -0.05) is 145 Å². The van der Waals surface area contributed by atoms with Gasteiger partial charge in [0.05, 0.1) is 19.8 Å². The Balaban J connectivity index is 2.32. The number of unbranched alkanes of at least 4 members (excludes halogenated alkanes) is 14. The third kappa shape index (κ3) is 27.5. The van der Waals surface area contributed by atoms with Crippen LogP contribution in [0.5, 0.6) is 0 Å². The molecule has 1 rings (SSSR count). The van der Waals surface area contributed by atoms with Crippen LogP contribution in [-0.2, 0) is 23.7 Å². The number of esters is 1. The third-order valence-corrected chi connectivity index (χ3v) is 9.43. The van der Waals surface area contributed by atoms with Crippen LogP contribution in [0, 0.1) is 0 Å². The van der Waals surface area contributed by atoms with Gasteiger partial charge in [0.1, 0.15) is 30.5 Å². The summed E-state index contributed by atoms with van der Waals surface area (Å²) in [5.74, 6) is -0.396. The molecule has 0 spiro atoms. The molecule has 1 heterocycles. The molecule has 0 aliphatic carbocycles. The van der Waals surface area contributed by atoms with E-state index >= 15 is 0 Å². The van der Waals surface area contributed by atoms with Crippen molar-refractivity contribution < 1.29 is 44.2 Å². The fourth-order valence-electron chi connectivity index (χ4n) is 6.09. The smallest absolute Gasteiger partial charge is 0.306 e. The van der Waals surface area contributed by atoms with Crippen molar-refractivity contribution in [2.24, 2.45) is 0 Å². The molecule has 1 fully saturated rings. The molecular weight excluding hydrogens is 684 g/mol. The predicted molar refractivity (Wildman–Crippen MR) is 219 cm³/mol. The Labute approximate surface area is 328 Å². The van der Waals surface area contributed by atoms with Crippen LogP contribution in [0.2, 0.25) is 0 Å². The highest BCUT2D eigenvalue weighted by atomic mass is 16.7. The van der Waals surface area contributed by atoms with E-state index in [1.165, 1.54) is 83.5 Å². The zero-order valence-corrected chi connectivity index (χ0v) is 34.0. The molecule has 0 aromatic rings. The molecule has 9 heteroatoms. The monoisotopic (exact) mass is 763 g/mol. The second kappa shape index (κ2) is 36.5. The van der Waals surface area contributed by atoms with Crippen LogP contribution >= 0.6 is 0 Å². The summed E-state index contributed by atoms with van der Waals surface area (Å²) in [5, 5.41) is 40.0. The second-order valence-electron chi connectivity index (χ2n) is 14.4. The highest BCUT2D eigenvalue weighted by Crippen LogP contribution is 2.22. The van der Waals surface area contributed by atoms with E-state index in [9.17, 15) is 25.2 Å². The van der Waals surface area contributed by atoms with Gasteiger partial charge >= 0.3 is 5.97 Å². The molecule has 1 saturated heterocycles. The summed E-state index contributed by atoms with van der Waals surface area (Å²) in [7, 11) is 0. The van der Waals surface area contributed by atoms with Crippen molar-refractivity contribution in [2.45, 2.75) is 192 Å². The van der Waals surface area contributed by atoms with Crippen LogP contribution < -0.4 is 0 Å². The molecular formula is C45H78O9. The highest BCUT2D eigenvalue weighted by molar-refractivity contribution is 5.69. The van der Waals surface area contributed by atoms with Crippen molar-refractivity contribution in [1.29, 1.82) is 0 Å². The van der Waals surface area contributed by atoms with Gasteiger partial charge < -0.3 is 39.4 Å². The van der Waals surface area contributed by atoms with E-state index in [1.807, 2.05) is 12.2 Å². The third-order valence-electron chi connectivity index (χ3n) is 9.43. The second-order valence-corrected chi connectivity index (χ2v) is 14.4. The molecule has 0 amide bonds. The fourth-order valence-corrected chi connectivity index (χ4v) is 6.09. The van der Waals surface area contributed by atoms with E-state index in [0.717, 1.165) is 44.9 Å². The Bertz CT molecular complexity index is 1010. The Morgan fingerprint density at radius 2 is 1.13 bits per heavy atom. The molecule has 6 atom stereocenters. The molecule has 0 radical (unpaired) electrons. The van der Waals surface area contributed by atoms with Crippen molar-refractivity contribution in [2.75, 3.05) is 26.4 Å². The van der Waals surface area contributed by atoms with Crippen LogP contribution in [0.1, 0.15) is 155 Å². The first-order valence-electron chi connectivity index (χ1n) is 21.4. The SMILES string of the molecule is CC/C=C\C/C=C\C/C=C\C/C=C\CCC(=O)OC(COCCCCCCCCCC/C=C\CCCCCCCC)COC1OC(CO)C(O)C(O)C1O. The predicted octanol–water partition coefficient (Wildman–Crippen LogP) is 9.13. The van der Waals surface area contributed by atoms with Gasteiger partial charge in [-0.15, -0.1) is 0 Å². The molecule has 54 heavy (non-hydrogen) atoms. The normalized spacial score (nSPS) is 21.5. The van der Waals surface area contributed by atoms with Crippen LogP contribution in [0.25, 0.3) is 0 Å². The van der Waals surface area contributed by atoms with Crippen molar-refractivity contribution in [3.05, 3.63) is 60.8 Å². The van der Waals surface area contributed by atoms with Gasteiger partial charge in [0, 0.05) is 13.0 Å². The molecule has 0 saturated carbocycles. The minimum atomic E-state index is -1.55. The van der Waals surface area contributed by atoms with Gasteiger partial charge in [0.15, 0.2) is 6.29 Å². The standard InChI is InChI=1S/C45H78O9/c1-3-5-7-9-11-13-15-17-18-19-20-21-23-25-27-29-31-33-35-51-37-39(38-52-45-44(50)43(49)42(48)40(36-46)54-45)53-41(47)34-32-30-28-26-24-22-16-14-12-10-8-6-4-2/h6,8,12,14,17-18,22,24,28,30,39-40,42-46,48-50H,3-5,7,9-11,13,15-16,19-21,23,25-27,29,31-38H2,1-2H3/b8-6-,14-12-,18-17-,24-22-,30-28-. The minimum absolute atomic E-state index is 0.112. The number of aliphatic hydroxyl groups excluding tert-OH is 4. The number of rotatable bonds is 35.